The molecule has 0 radical (unpaired) electrons. The van der Waals surface area contributed by atoms with Crippen LogP contribution in [0.2, 0.25) is 5.02 Å². The molecule has 3 aromatic carbocycles. The highest BCUT2D eigenvalue weighted by molar-refractivity contribution is 6.31. The number of halogens is 1. The lowest BCUT2D eigenvalue weighted by Crippen LogP contribution is -2.15. The van der Waals surface area contributed by atoms with Gasteiger partial charge in [0, 0.05) is 16.3 Å². The maximum Gasteiger partial charge on any atom is 0.295 e. The Kier molecular flexibility index (Phi) is 5.61. The van der Waals surface area contributed by atoms with Gasteiger partial charge in [-0.15, -0.1) is 5.10 Å². The van der Waals surface area contributed by atoms with Crippen LogP contribution in [0.1, 0.15) is 32.9 Å². The Hall–Kier alpha value is -3.44. The van der Waals surface area contributed by atoms with E-state index in [-0.39, 0.29) is 11.7 Å². The first-order chi connectivity index (χ1) is 14.8. The van der Waals surface area contributed by atoms with E-state index in [1.807, 2.05) is 88.4 Å². The minimum Gasteiger partial charge on any atom is -0.319 e. The average molecular weight is 431 g/mol. The Labute approximate surface area is 186 Å². The first-order valence-electron chi connectivity index (χ1n) is 10.0. The Bertz CT molecular complexity index is 1290. The third kappa shape index (κ3) is 4.23. The number of benzene rings is 3. The summed E-state index contributed by atoms with van der Waals surface area (Å²) in [6.45, 7) is 7.92. The molecular formula is C25H23ClN4O. The second-order valence-electron chi connectivity index (χ2n) is 7.70. The predicted octanol–water partition coefficient (Wildman–Crippen LogP) is 6.07. The zero-order valence-electron chi connectivity index (χ0n) is 17.9. The number of carbonyl (C=O) groups excluding carboxylic acids is 1. The van der Waals surface area contributed by atoms with Gasteiger partial charge in [-0.25, -0.2) is 9.67 Å². The summed E-state index contributed by atoms with van der Waals surface area (Å²) in [6.07, 6.45) is 0. The quantitative estimate of drug-likeness (QED) is 0.427. The Morgan fingerprint density at radius 3 is 2.42 bits per heavy atom. The molecule has 0 spiro atoms. The van der Waals surface area contributed by atoms with Crippen molar-refractivity contribution in [2.45, 2.75) is 27.7 Å². The van der Waals surface area contributed by atoms with E-state index in [1.165, 1.54) is 0 Å². The van der Waals surface area contributed by atoms with Gasteiger partial charge < -0.3 is 5.32 Å². The third-order valence-corrected chi connectivity index (χ3v) is 5.59. The van der Waals surface area contributed by atoms with Crippen molar-refractivity contribution in [3.05, 3.63) is 93.8 Å². The summed E-state index contributed by atoms with van der Waals surface area (Å²) in [5, 5.41) is 8.13. The van der Waals surface area contributed by atoms with E-state index < -0.39 is 0 Å². The Morgan fingerprint density at radius 1 is 0.935 bits per heavy atom. The fourth-order valence-corrected chi connectivity index (χ4v) is 3.67. The van der Waals surface area contributed by atoms with Gasteiger partial charge in [0.05, 0.1) is 5.69 Å². The first kappa shape index (κ1) is 20.8. The monoisotopic (exact) mass is 430 g/mol. The molecule has 1 N–H and O–H groups in total. The topological polar surface area (TPSA) is 59.8 Å². The van der Waals surface area contributed by atoms with Crippen molar-refractivity contribution < 1.29 is 4.79 Å². The van der Waals surface area contributed by atoms with Gasteiger partial charge in [-0.05, 0) is 63.1 Å². The Morgan fingerprint density at radius 2 is 1.68 bits per heavy atom. The van der Waals surface area contributed by atoms with E-state index in [9.17, 15) is 4.79 Å². The molecule has 0 fully saturated rings. The molecule has 31 heavy (non-hydrogen) atoms. The number of hydrogen-bond donors (Lipinski definition) is 1. The maximum absolute atomic E-state index is 13.0. The van der Waals surface area contributed by atoms with Crippen LogP contribution in [0, 0.1) is 27.7 Å². The minimum absolute atomic E-state index is 0.0934. The van der Waals surface area contributed by atoms with Gasteiger partial charge in [-0.2, -0.15) is 0 Å². The summed E-state index contributed by atoms with van der Waals surface area (Å²) in [6, 6.07) is 19.4. The number of amides is 1. The van der Waals surface area contributed by atoms with Crippen LogP contribution in [0.4, 0.5) is 5.69 Å². The average Bonchev–Trinajstić information content (AvgIpc) is 3.17. The lowest BCUT2D eigenvalue weighted by Gasteiger charge is -2.10. The van der Waals surface area contributed by atoms with E-state index in [0.717, 1.165) is 39.2 Å². The fourth-order valence-electron chi connectivity index (χ4n) is 3.50. The van der Waals surface area contributed by atoms with Gasteiger partial charge >= 0.3 is 0 Å². The molecular weight excluding hydrogens is 408 g/mol. The first-order valence-corrected chi connectivity index (χ1v) is 10.4. The molecule has 0 aliphatic carbocycles. The summed E-state index contributed by atoms with van der Waals surface area (Å²) in [5.74, 6) is 0.315. The number of anilines is 1. The lowest BCUT2D eigenvalue weighted by molar-refractivity contribution is 0.101. The number of aromatic nitrogens is 3. The predicted molar refractivity (Wildman–Crippen MR) is 125 cm³/mol. The van der Waals surface area contributed by atoms with Crippen molar-refractivity contribution in [1.82, 2.24) is 14.8 Å². The summed E-state index contributed by atoms with van der Waals surface area (Å²) in [5.41, 5.74) is 6.47. The van der Waals surface area contributed by atoms with Crippen LogP contribution in [-0.4, -0.2) is 20.7 Å². The van der Waals surface area contributed by atoms with Gasteiger partial charge in [-0.1, -0.05) is 59.1 Å². The maximum atomic E-state index is 13.0. The highest BCUT2D eigenvalue weighted by Crippen LogP contribution is 2.27. The molecule has 5 nitrogen and oxygen atoms in total. The molecule has 1 heterocycles. The van der Waals surface area contributed by atoms with Crippen molar-refractivity contribution in [3.63, 3.8) is 0 Å². The molecule has 1 aromatic heterocycles. The molecule has 0 saturated carbocycles. The molecule has 0 saturated heterocycles. The van der Waals surface area contributed by atoms with Gasteiger partial charge in [0.2, 0.25) is 5.82 Å². The summed E-state index contributed by atoms with van der Waals surface area (Å²) < 4.78 is 1.69. The number of hydrogen-bond acceptors (Lipinski definition) is 3. The summed E-state index contributed by atoms with van der Waals surface area (Å²) >= 11 is 6.35. The van der Waals surface area contributed by atoms with Crippen LogP contribution in [-0.2, 0) is 0 Å². The summed E-state index contributed by atoms with van der Waals surface area (Å²) in [4.78, 5) is 17.6. The molecule has 0 bridgehead atoms. The van der Waals surface area contributed by atoms with E-state index in [1.54, 1.807) is 4.68 Å². The van der Waals surface area contributed by atoms with Gasteiger partial charge in [-0.3, -0.25) is 4.79 Å². The fraction of sp³-hybridized carbons (Fsp3) is 0.160. The molecule has 0 unspecified atom stereocenters. The number of aryl methyl sites for hydroxylation is 3. The van der Waals surface area contributed by atoms with E-state index >= 15 is 0 Å². The van der Waals surface area contributed by atoms with Crippen molar-refractivity contribution in [3.8, 4) is 17.1 Å². The molecule has 6 heteroatoms. The largest absolute Gasteiger partial charge is 0.319 e. The molecule has 1 amide bonds. The van der Waals surface area contributed by atoms with Crippen LogP contribution in [0.25, 0.3) is 17.1 Å². The van der Waals surface area contributed by atoms with E-state index in [4.69, 9.17) is 11.6 Å². The van der Waals surface area contributed by atoms with Crippen molar-refractivity contribution in [2.75, 3.05) is 5.32 Å². The van der Waals surface area contributed by atoms with Crippen LogP contribution in [0.3, 0.4) is 0 Å². The van der Waals surface area contributed by atoms with Crippen molar-refractivity contribution >= 4 is 23.2 Å². The number of nitrogens with zero attached hydrogens (tertiary/aromatic N) is 3. The van der Waals surface area contributed by atoms with Crippen molar-refractivity contribution in [2.24, 2.45) is 0 Å². The zero-order valence-corrected chi connectivity index (χ0v) is 18.7. The SMILES string of the molecule is Cc1cccc(-c2nc(C(=O)Nc3ccc(C)cc3C)nn2-c2cccc(Cl)c2C)c1. The molecule has 0 aliphatic heterocycles. The van der Waals surface area contributed by atoms with Gasteiger partial charge in [0.1, 0.15) is 0 Å². The number of carbonyl (C=O) groups is 1. The van der Waals surface area contributed by atoms with E-state index in [2.05, 4.69) is 15.4 Å². The second-order valence-corrected chi connectivity index (χ2v) is 8.10. The number of nitrogens with one attached hydrogen (secondary N) is 1. The van der Waals surface area contributed by atoms with Crippen LogP contribution in [0.5, 0.6) is 0 Å². The van der Waals surface area contributed by atoms with Gasteiger partial charge in [0.15, 0.2) is 5.82 Å². The number of rotatable bonds is 4. The van der Waals surface area contributed by atoms with E-state index in [0.29, 0.717) is 10.8 Å². The van der Waals surface area contributed by atoms with Crippen LogP contribution >= 0.6 is 11.6 Å². The Balaban J connectivity index is 1.81. The van der Waals surface area contributed by atoms with Crippen LogP contribution in [0.15, 0.2) is 60.7 Å². The smallest absolute Gasteiger partial charge is 0.295 e. The molecule has 0 aliphatic rings. The minimum atomic E-state index is -0.362. The molecule has 4 aromatic rings. The molecule has 4 rings (SSSR count). The zero-order chi connectivity index (χ0) is 22.1. The third-order valence-electron chi connectivity index (χ3n) is 5.18. The normalized spacial score (nSPS) is 10.9. The summed E-state index contributed by atoms with van der Waals surface area (Å²) in [7, 11) is 0. The van der Waals surface area contributed by atoms with Crippen LogP contribution < -0.4 is 5.32 Å². The second kappa shape index (κ2) is 8.36. The molecule has 0 atom stereocenters. The molecule has 156 valence electrons. The van der Waals surface area contributed by atoms with Gasteiger partial charge in [0.25, 0.3) is 5.91 Å². The van der Waals surface area contributed by atoms with Crippen molar-refractivity contribution in [1.29, 1.82) is 0 Å². The highest BCUT2D eigenvalue weighted by Gasteiger charge is 2.21. The lowest BCUT2D eigenvalue weighted by atomic mass is 10.1. The highest BCUT2D eigenvalue weighted by atomic mass is 35.5. The standard InChI is InChI=1S/C25H23ClN4O/c1-15-7-5-8-19(14-15)24-28-23(25(31)27-21-12-11-16(2)13-17(21)3)29-30(24)22-10-6-9-20(26)18(22)4/h5-14H,1-4H3,(H,27,31).